The SMILES string of the molecule is COc1cc(C)c(NCC2CCC=CO2)cc1OC. The lowest BCUT2D eigenvalue weighted by Gasteiger charge is -2.21. The molecule has 0 spiro atoms. The fourth-order valence-corrected chi connectivity index (χ4v) is 2.13. The summed E-state index contributed by atoms with van der Waals surface area (Å²) in [5.74, 6) is 1.49. The summed E-state index contributed by atoms with van der Waals surface area (Å²) in [6.45, 7) is 2.84. The van der Waals surface area contributed by atoms with Crippen molar-refractivity contribution in [2.24, 2.45) is 0 Å². The molecule has 0 fully saturated rings. The lowest BCUT2D eigenvalue weighted by molar-refractivity contribution is 0.135. The maximum absolute atomic E-state index is 5.54. The summed E-state index contributed by atoms with van der Waals surface area (Å²) in [7, 11) is 3.29. The smallest absolute Gasteiger partial charge is 0.162 e. The highest BCUT2D eigenvalue weighted by Gasteiger charge is 2.13. The number of benzene rings is 1. The van der Waals surface area contributed by atoms with Gasteiger partial charge < -0.3 is 19.5 Å². The van der Waals surface area contributed by atoms with E-state index in [1.165, 1.54) is 0 Å². The van der Waals surface area contributed by atoms with Gasteiger partial charge in [-0.05, 0) is 37.5 Å². The van der Waals surface area contributed by atoms with Crippen molar-refractivity contribution in [1.82, 2.24) is 0 Å². The molecule has 4 heteroatoms. The summed E-state index contributed by atoms with van der Waals surface area (Å²) in [4.78, 5) is 0. The lowest BCUT2D eigenvalue weighted by Crippen LogP contribution is -2.23. The van der Waals surface area contributed by atoms with Crippen LogP contribution in [0.4, 0.5) is 5.69 Å². The highest BCUT2D eigenvalue weighted by atomic mass is 16.5. The van der Waals surface area contributed by atoms with E-state index >= 15 is 0 Å². The fraction of sp³-hybridized carbons (Fsp3) is 0.467. The topological polar surface area (TPSA) is 39.7 Å². The molecule has 1 aromatic carbocycles. The van der Waals surface area contributed by atoms with Gasteiger partial charge in [-0.25, -0.2) is 0 Å². The predicted molar refractivity (Wildman–Crippen MR) is 76.0 cm³/mol. The van der Waals surface area contributed by atoms with Gasteiger partial charge in [0.15, 0.2) is 11.5 Å². The standard InChI is InChI=1S/C15H21NO3/c1-11-8-14(17-2)15(18-3)9-13(11)16-10-12-6-4-5-7-19-12/h5,7-9,12,16H,4,6,10H2,1-3H3. The number of nitrogens with one attached hydrogen (secondary N) is 1. The molecule has 1 N–H and O–H groups in total. The van der Waals surface area contributed by atoms with Gasteiger partial charge >= 0.3 is 0 Å². The average Bonchev–Trinajstić information content (AvgIpc) is 2.46. The zero-order chi connectivity index (χ0) is 13.7. The Bertz CT molecular complexity index is 457. The van der Waals surface area contributed by atoms with Crippen LogP contribution in [0.25, 0.3) is 0 Å². The first kappa shape index (κ1) is 13.6. The Morgan fingerprint density at radius 1 is 1.26 bits per heavy atom. The number of methoxy groups -OCH3 is 2. The number of rotatable bonds is 5. The first-order valence-corrected chi connectivity index (χ1v) is 6.51. The fourth-order valence-electron chi connectivity index (χ4n) is 2.13. The molecule has 104 valence electrons. The molecular weight excluding hydrogens is 242 g/mol. The molecular formula is C15H21NO3. The van der Waals surface area contributed by atoms with Crippen molar-refractivity contribution in [1.29, 1.82) is 0 Å². The van der Waals surface area contributed by atoms with Crippen molar-refractivity contribution in [3.8, 4) is 11.5 Å². The van der Waals surface area contributed by atoms with Crippen LogP contribution < -0.4 is 14.8 Å². The molecule has 4 nitrogen and oxygen atoms in total. The molecule has 1 atom stereocenters. The van der Waals surface area contributed by atoms with Crippen molar-refractivity contribution < 1.29 is 14.2 Å². The molecule has 0 aromatic heterocycles. The number of aryl methyl sites for hydroxylation is 1. The molecule has 1 aromatic rings. The van der Waals surface area contributed by atoms with Crippen LogP contribution in [0, 0.1) is 6.92 Å². The van der Waals surface area contributed by atoms with Gasteiger partial charge in [0.25, 0.3) is 0 Å². The van der Waals surface area contributed by atoms with E-state index in [4.69, 9.17) is 14.2 Å². The van der Waals surface area contributed by atoms with E-state index in [2.05, 4.69) is 11.4 Å². The maximum atomic E-state index is 5.54. The highest BCUT2D eigenvalue weighted by molar-refractivity contribution is 5.60. The second-order valence-corrected chi connectivity index (χ2v) is 4.61. The predicted octanol–water partition coefficient (Wildman–Crippen LogP) is 3.12. The minimum atomic E-state index is 0.234. The van der Waals surface area contributed by atoms with Crippen LogP contribution >= 0.6 is 0 Å². The normalized spacial score (nSPS) is 17.7. The van der Waals surface area contributed by atoms with E-state index in [0.29, 0.717) is 0 Å². The van der Waals surface area contributed by atoms with Crippen LogP contribution in [0.1, 0.15) is 18.4 Å². The van der Waals surface area contributed by atoms with Gasteiger partial charge in [0, 0.05) is 11.8 Å². The largest absolute Gasteiger partial charge is 0.497 e. The first-order chi connectivity index (χ1) is 9.24. The molecule has 0 radical (unpaired) electrons. The molecule has 0 bridgehead atoms. The van der Waals surface area contributed by atoms with Gasteiger partial charge in [0.05, 0.1) is 27.0 Å². The van der Waals surface area contributed by atoms with Gasteiger partial charge in [-0.1, -0.05) is 0 Å². The minimum absolute atomic E-state index is 0.234. The average molecular weight is 263 g/mol. The summed E-state index contributed by atoms with van der Waals surface area (Å²) in [5, 5.41) is 3.41. The number of ether oxygens (including phenoxy) is 3. The molecule has 0 amide bonds. The molecule has 19 heavy (non-hydrogen) atoms. The summed E-state index contributed by atoms with van der Waals surface area (Å²) in [6, 6.07) is 3.94. The zero-order valence-electron chi connectivity index (χ0n) is 11.7. The minimum Gasteiger partial charge on any atom is -0.497 e. The number of hydrogen-bond donors (Lipinski definition) is 1. The summed E-state index contributed by atoms with van der Waals surface area (Å²) in [6.07, 6.45) is 6.21. The third kappa shape index (κ3) is 3.34. The second-order valence-electron chi connectivity index (χ2n) is 4.61. The van der Waals surface area contributed by atoms with E-state index < -0.39 is 0 Å². The Hall–Kier alpha value is -1.84. The van der Waals surface area contributed by atoms with E-state index in [9.17, 15) is 0 Å². The van der Waals surface area contributed by atoms with Gasteiger partial charge in [-0.3, -0.25) is 0 Å². The molecule has 1 heterocycles. The Kier molecular flexibility index (Phi) is 4.55. The molecule has 2 rings (SSSR count). The monoisotopic (exact) mass is 263 g/mol. The van der Waals surface area contributed by atoms with Gasteiger partial charge in [0.1, 0.15) is 6.10 Å². The van der Waals surface area contributed by atoms with E-state index in [-0.39, 0.29) is 6.10 Å². The van der Waals surface area contributed by atoms with Crippen molar-refractivity contribution in [2.45, 2.75) is 25.9 Å². The van der Waals surface area contributed by atoms with E-state index in [0.717, 1.165) is 42.1 Å². The Balaban J connectivity index is 2.05. The van der Waals surface area contributed by atoms with Crippen LogP contribution in [0.15, 0.2) is 24.5 Å². The zero-order valence-corrected chi connectivity index (χ0v) is 11.7. The Labute approximate surface area is 114 Å². The van der Waals surface area contributed by atoms with Gasteiger partial charge in [-0.15, -0.1) is 0 Å². The van der Waals surface area contributed by atoms with Crippen molar-refractivity contribution in [3.05, 3.63) is 30.0 Å². The molecule has 1 aliphatic rings. The molecule has 0 saturated carbocycles. The number of allylic oxidation sites excluding steroid dienone is 1. The lowest BCUT2D eigenvalue weighted by atomic mass is 10.1. The number of hydrogen-bond acceptors (Lipinski definition) is 4. The number of anilines is 1. The quantitative estimate of drug-likeness (QED) is 0.886. The van der Waals surface area contributed by atoms with Crippen LogP contribution in [0.5, 0.6) is 11.5 Å². The van der Waals surface area contributed by atoms with E-state index in [1.807, 2.05) is 19.1 Å². The molecule has 1 unspecified atom stereocenters. The Morgan fingerprint density at radius 3 is 2.63 bits per heavy atom. The second kappa shape index (κ2) is 6.36. The van der Waals surface area contributed by atoms with Crippen LogP contribution in [0.3, 0.4) is 0 Å². The van der Waals surface area contributed by atoms with Gasteiger partial charge in [0.2, 0.25) is 0 Å². The van der Waals surface area contributed by atoms with Crippen LogP contribution in [0.2, 0.25) is 0 Å². The third-order valence-corrected chi connectivity index (χ3v) is 3.27. The van der Waals surface area contributed by atoms with Gasteiger partial charge in [-0.2, -0.15) is 0 Å². The first-order valence-electron chi connectivity index (χ1n) is 6.51. The highest BCUT2D eigenvalue weighted by Crippen LogP contribution is 2.32. The van der Waals surface area contributed by atoms with Crippen LogP contribution in [-0.2, 0) is 4.74 Å². The summed E-state index contributed by atoms with van der Waals surface area (Å²) >= 11 is 0. The summed E-state index contributed by atoms with van der Waals surface area (Å²) in [5.41, 5.74) is 2.18. The van der Waals surface area contributed by atoms with Crippen molar-refractivity contribution >= 4 is 5.69 Å². The van der Waals surface area contributed by atoms with Crippen molar-refractivity contribution in [2.75, 3.05) is 26.1 Å². The molecule has 0 saturated heterocycles. The molecule has 1 aliphatic heterocycles. The maximum Gasteiger partial charge on any atom is 0.162 e. The van der Waals surface area contributed by atoms with Crippen LogP contribution in [-0.4, -0.2) is 26.9 Å². The Morgan fingerprint density at radius 2 is 2.00 bits per heavy atom. The third-order valence-electron chi connectivity index (χ3n) is 3.27. The van der Waals surface area contributed by atoms with Crippen molar-refractivity contribution in [3.63, 3.8) is 0 Å². The molecule has 0 aliphatic carbocycles. The van der Waals surface area contributed by atoms with E-state index in [1.54, 1.807) is 20.5 Å². The summed E-state index contributed by atoms with van der Waals surface area (Å²) < 4.78 is 16.1.